The van der Waals surface area contributed by atoms with E-state index in [9.17, 15) is 9.59 Å². The highest BCUT2D eigenvalue weighted by Crippen LogP contribution is 2.59. The van der Waals surface area contributed by atoms with E-state index in [1.807, 2.05) is 0 Å². The number of esters is 1. The zero-order valence-electron chi connectivity index (χ0n) is 10.1. The maximum Gasteiger partial charge on any atom is 0.348 e. The first-order chi connectivity index (χ1) is 7.86. The van der Waals surface area contributed by atoms with Crippen molar-refractivity contribution in [1.29, 1.82) is 5.26 Å². The standard InChI is InChI=1S/C12H15NO4/c1-4-17-11(16)7(6-13)5-8-9(10(14)15)12(8,2)3/h5,8-9H,4H2,1-3H3,(H,14,15). The summed E-state index contributed by atoms with van der Waals surface area (Å²) in [6.07, 6.45) is 1.41. The number of nitriles is 1. The molecule has 1 N–H and O–H groups in total. The number of carbonyl (C=O) groups is 2. The van der Waals surface area contributed by atoms with Gasteiger partial charge in [-0.2, -0.15) is 5.26 Å². The molecule has 1 fully saturated rings. The van der Waals surface area contributed by atoms with Gasteiger partial charge in [-0.25, -0.2) is 4.79 Å². The SMILES string of the molecule is CCOC(=O)C(C#N)=CC1C(C(=O)O)C1(C)C. The van der Waals surface area contributed by atoms with Crippen LogP contribution in [0.5, 0.6) is 0 Å². The third-order valence-electron chi connectivity index (χ3n) is 3.14. The molecule has 0 bridgehead atoms. The molecule has 5 heteroatoms. The van der Waals surface area contributed by atoms with Crippen molar-refractivity contribution < 1.29 is 19.4 Å². The zero-order valence-corrected chi connectivity index (χ0v) is 10.1. The molecule has 0 aromatic carbocycles. The Hall–Kier alpha value is -1.83. The third kappa shape index (κ3) is 2.47. The van der Waals surface area contributed by atoms with Crippen LogP contribution in [-0.4, -0.2) is 23.7 Å². The second kappa shape index (κ2) is 4.58. The predicted octanol–water partition coefficient (Wildman–Crippen LogP) is 1.36. The lowest BCUT2D eigenvalue weighted by atomic mass is 10.1. The lowest BCUT2D eigenvalue weighted by molar-refractivity contribution is -0.140. The van der Waals surface area contributed by atoms with Crippen LogP contribution in [0, 0.1) is 28.6 Å². The number of rotatable bonds is 4. The molecule has 1 aliphatic rings. The molecule has 0 amide bonds. The van der Waals surface area contributed by atoms with E-state index in [0.717, 1.165) is 0 Å². The molecule has 0 aromatic heterocycles. The van der Waals surface area contributed by atoms with Crippen molar-refractivity contribution in [3.05, 3.63) is 11.6 Å². The van der Waals surface area contributed by atoms with Crippen LogP contribution in [-0.2, 0) is 14.3 Å². The fourth-order valence-electron chi connectivity index (χ4n) is 2.00. The Bertz CT molecular complexity index is 417. The topological polar surface area (TPSA) is 87.4 Å². The Morgan fingerprint density at radius 1 is 1.53 bits per heavy atom. The Morgan fingerprint density at radius 2 is 2.12 bits per heavy atom. The van der Waals surface area contributed by atoms with Crippen LogP contribution in [0.15, 0.2) is 11.6 Å². The lowest BCUT2D eigenvalue weighted by Gasteiger charge is -2.00. The number of carboxylic acids is 1. The Kier molecular flexibility index (Phi) is 3.56. The van der Waals surface area contributed by atoms with E-state index in [2.05, 4.69) is 0 Å². The summed E-state index contributed by atoms with van der Waals surface area (Å²) < 4.78 is 4.71. The summed E-state index contributed by atoms with van der Waals surface area (Å²) in [6.45, 7) is 5.43. The molecule has 5 nitrogen and oxygen atoms in total. The summed E-state index contributed by atoms with van der Waals surface area (Å²) >= 11 is 0. The van der Waals surface area contributed by atoms with Crippen molar-refractivity contribution in [2.24, 2.45) is 17.3 Å². The van der Waals surface area contributed by atoms with Gasteiger partial charge in [0, 0.05) is 0 Å². The minimum absolute atomic E-state index is 0.117. The van der Waals surface area contributed by atoms with Gasteiger partial charge in [0.25, 0.3) is 0 Å². The molecule has 92 valence electrons. The minimum atomic E-state index is -0.905. The average Bonchev–Trinajstić information content (AvgIpc) is 2.77. The Balaban J connectivity index is 2.86. The van der Waals surface area contributed by atoms with Crippen LogP contribution in [0.4, 0.5) is 0 Å². The molecule has 1 rings (SSSR count). The first kappa shape index (κ1) is 13.2. The summed E-state index contributed by atoms with van der Waals surface area (Å²) in [5.74, 6) is -2.43. The Labute approximate surface area is 99.7 Å². The van der Waals surface area contributed by atoms with Crippen LogP contribution in [0.1, 0.15) is 20.8 Å². The molecule has 1 saturated carbocycles. The van der Waals surface area contributed by atoms with Gasteiger partial charge in [0.05, 0.1) is 12.5 Å². The zero-order chi connectivity index (χ0) is 13.2. The number of allylic oxidation sites excluding steroid dienone is 1. The van der Waals surface area contributed by atoms with Crippen molar-refractivity contribution in [1.82, 2.24) is 0 Å². The van der Waals surface area contributed by atoms with Gasteiger partial charge in [0.2, 0.25) is 0 Å². The normalized spacial score (nSPS) is 25.9. The molecule has 0 aromatic rings. The molecule has 0 aliphatic heterocycles. The predicted molar refractivity (Wildman–Crippen MR) is 58.7 cm³/mol. The second-order valence-corrected chi connectivity index (χ2v) is 4.58. The van der Waals surface area contributed by atoms with E-state index < -0.39 is 23.3 Å². The van der Waals surface area contributed by atoms with Crippen LogP contribution >= 0.6 is 0 Å². The molecular formula is C12H15NO4. The van der Waals surface area contributed by atoms with E-state index in [4.69, 9.17) is 15.1 Å². The molecule has 0 saturated heterocycles. The second-order valence-electron chi connectivity index (χ2n) is 4.58. The first-order valence-corrected chi connectivity index (χ1v) is 5.38. The van der Waals surface area contributed by atoms with Gasteiger partial charge in [0.1, 0.15) is 11.6 Å². The van der Waals surface area contributed by atoms with E-state index in [-0.39, 0.29) is 18.1 Å². The maximum atomic E-state index is 11.4. The summed E-state index contributed by atoms with van der Waals surface area (Å²) in [4.78, 5) is 22.3. The van der Waals surface area contributed by atoms with Gasteiger partial charge >= 0.3 is 11.9 Å². The number of aliphatic carboxylic acids is 1. The highest BCUT2D eigenvalue weighted by atomic mass is 16.5. The lowest BCUT2D eigenvalue weighted by Crippen LogP contribution is -2.07. The van der Waals surface area contributed by atoms with Crippen molar-refractivity contribution in [3.63, 3.8) is 0 Å². The first-order valence-electron chi connectivity index (χ1n) is 5.38. The summed E-state index contributed by atoms with van der Waals surface area (Å²) in [5, 5.41) is 17.8. The van der Waals surface area contributed by atoms with Crippen molar-refractivity contribution in [2.75, 3.05) is 6.61 Å². The molecule has 0 spiro atoms. The third-order valence-corrected chi connectivity index (χ3v) is 3.14. The quantitative estimate of drug-likeness (QED) is 0.453. The highest BCUT2D eigenvalue weighted by molar-refractivity contribution is 5.93. The monoisotopic (exact) mass is 237 g/mol. The number of ether oxygens (including phenoxy) is 1. The number of carboxylic acid groups (broad SMARTS) is 1. The van der Waals surface area contributed by atoms with E-state index in [0.29, 0.717) is 0 Å². The van der Waals surface area contributed by atoms with Gasteiger partial charge in [-0.3, -0.25) is 4.79 Å². The Morgan fingerprint density at radius 3 is 2.47 bits per heavy atom. The van der Waals surface area contributed by atoms with Crippen LogP contribution in [0.25, 0.3) is 0 Å². The number of carbonyl (C=O) groups excluding carboxylic acids is 1. The van der Waals surface area contributed by atoms with Gasteiger partial charge < -0.3 is 9.84 Å². The minimum Gasteiger partial charge on any atom is -0.481 e. The smallest absolute Gasteiger partial charge is 0.348 e. The van der Waals surface area contributed by atoms with Crippen molar-refractivity contribution in [2.45, 2.75) is 20.8 Å². The number of hydrogen-bond donors (Lipinski definition) is 1. The summed E-state index contributed by atoms with van der Waals surface area (Å²) in [5.41, 5.74) is -0.533. The number of hydrogen-bond acceptors (Lipinski definition) is 4. The fraction of sp³-hybridized carbons (Fsp3) is 0.583. The van der Waals surface area contributed by atoms with Gasteiger partial charge in [-0.1, -0.05) is 19.9 Å². The maximum absolute atomic E-state index is 11.4. The summed E-state index contributed by atoms with van der Waals surface area (Å²) in [6, 6.07) is 1.75. The fourth-order valence-corrected chi connectivity index (χ4v) is 2.00. The number of nitrogens with zero attached hydrogens (tertiary/aromatic N) is 1. The molecular weight excluding hydrogens is 222 g/mol. The highest BCUT2D eigenvalue weighted by Gasteiger charge is 2.61. The summed E-state index contributed by atoms with van der Waals surface area (Å²) in [7, 11) is 0. The molecule has 2 unspecified atom stereocenters. The van der Waals surface area contributed by atoms with Crippen LogP contribution in [0.3, 0.4) is 0 Å². The van der Waals surface area contributed by atoms with Gasteiger partial charge in [-0.05, 0) is 18.3 Å². The average molecular weight is 237 g/mol. The van der Waals surface area contributed by atoms with Gasteiger partial charge in [0.15, 0.2) is 0 Å². The molecule has 17 heavy (non-hydrogen) atoms. The largest absolute Gasteiger partial charge is 0.481 e. The van der Waals surface area contributed by atoms with Crippen LogP contribution < -0.4 is 0 Å². The van der Waals surface area contributed by atoms with Crippen LogP contribution in [0.2, 0.25) is 0 Å². The molecule has 0 radical (unpaired) electrons. The molecule has 1 aliphatic carbocycles. The van der Waals surface area contributed by atoms with E-state index in [1.165, 1.54) is 6.08 Å². The van der Waals surface area contributed by atoms with Gasteiger partial charge in [-0.15, -0.1) is 0 Å². The molecule has 0 heterocycles. The van der Waals surface area contributed by atoms with Crippen molar-refractivity contribution >= 4 is 11.9 Å². The van der Waals surface area contributed by atoms with E-state index in [1.54, 1.807) is 26.8 Å². The van der Waals surface area contributed by atoms with Crippen molar-refractivity contribution in [3.8, 4) is 6.07 Å². The van der Waals surface area contributed by atoms with E-state index >= 15 is 0 Å². The molecule has 2 atom stereocenters.